The SMILES string of the molecule is CCC(=O)C1=CN(C(C)(C)C)CC1(C)C. The molecule has 1 aliphatic rings. The van der Waals surface area contributed by atoms with Gasteiger partial charge in [0.25, 0.3) is 0 Å². The monoisotopic (exact) mass is 209 g/mol. The second-order valence-corrected chi connectivity index (χ2v) is 6.00. The molecule has 0 N–H and O–H groups in total. The summed E-state index contributed by atoms with van der Waals surface area (Å²) in [6, 6.07) is 0. The molecule has 1 aliphatic heterocycles. The van der Waals surface area contributed by atoms with E-state index in [4.69, 9.17) is 0 Å². The van der Waals surface area contributed by atoms with Crippen LogP contribution in [-0.4, -0.2) is 22.8 Å². The van der Waals surface area contributed by atoms with Crippen molar-refractivity contribution in [3.63, 3.8) is 0 Å². The van der Waals surface area contributed by atoms with E-state index in [1.54, 1.807) is 0 Å². The summed E-state index contributed by atoms with van der Waals surface area (Å²) in [5, 5.41) is 0. The summed E-state index contributed by atoms with van der Waals surface area (Å²) in [6.45, 7) is 13.7. The number of carbonyl (C=O) groups excluding carboxylic acids is 1. The van der Waals surface area contributed by atoms with Crippen molar-refractivity contribution >= 4 is 5.78 Å². The molecule has 0 aromatic rings. The first kappa shape index (κ1) is 12.3. The number of Topliss-reactive ketones (excluding diaryl/α,β-unsaturated/α-hetero) is 1. The molecular weight excluding hydrogens is 186 g/mol. The smallest absolute Gasteiger partial charge is 0.160 e. The lowest BCUT2D eigenvalue weighted by Crippen LogP contribution is -2.38. The van der Waals surface area contributed by atoms with Crippen LogP contribution in [0.4, 0.5) is 0 Å². The highest BCUT2D eigenvalue weighted by atomic mass is 16.1. The second-order valence-electron chi connectivity index (χ2n) is 6.00. The molecule has 86 valence electrons. The van der Waals surface area contributed by atoms with Crippen LogP contribution in [0, 0.1) is 5.41 Å². The van der Waals surface area contributed by atoms with Crippen LogP contribution in [0.3, 0.4) is 0 Å². The van der Waals surface area contributed by atoms with Crippen LogP contribution in [0.25, 0.3) is 0 Å². The van der Waals surface area contributed by atoms with Gasteiger partial charge >= 0.3 is 0 Å². The minimum Gasteiger partial charge on any atom is -0.371 e. The van der Waals surface area contributed by atoms with Crippen LogP contribution in [0.2, 0.25) is 0 Å². The predicted molar refractivity (Wildman–Crippen MR) is 63.6 cm³/mol. The first-order valence-electron chi connectivity index (χ1n) is 5.71. The van der Waals surface area contributed by atoms with Crippen molar-refractivity contribution in [3.05, 3.63) is 11.8 Å². The number of rotatable bonds is 2. The molecule has 0 bridgehead atoms. The Morgan fingerprint density at radius 2 is 2.00 bits per heavy atom. The van der Waals surface area contributed by atoms with E-state index in [1.165, 1.54) is 0 Å². The zero-order valence-electron chi connectivity index (χ0n) is 10.8. The highest BCUT2D eigenvalue weighted by molar-refractivity contribution is 5.96. The maximum absolute atomic E-state index is 11.8. The maximum atomic E-state index is 11.8. The minimum atomic E-state index is 0.000370. The van der Waals surface area contributed by atoms with Crippen molar-refractivity contribution in [3.8, 4) is 0 Å². The fourth-order valence-electron chi connectivity index (χ4n) is 1.96. The molecule has 0 aromatic heterocycles. The Morgan fingerprint density at radius 3 is 2.33 bits per heavy atom. The summed E-state index contributed by atoms with van der Waals surface area (Å²) in [7, 11) is 0. The molecule has 1 rings (SSSR count). The first-order valence-corrected chi connectivity index (χ1v) is 5.71. The topological polar surface area (TPSA) is 20.3 Å². The zero-order chi connectivity index (χ0) is 11.9. The molecule has 0 fully saturated rings. The van der Waals surface area contributed by atoms with Gasteiger partial charge in [-0.05, 0) is 20.8 Å². The summed E-state index contributed by atoms with van der Waals surface area (Å²) >= 11 is 0. The largest absolute Gasteiger partial charge is 0.371 e. The van der Waals surface area contributed by atoms with Gasteiger partial charge in [-0.25, -0.2) is 0 Å². The third-order valence-corrected chi connectivity index (χ3v) is 3.06. The molecule has 0 atom stereocenters. The lowest BCUT2D eigenvalue weighted by atomic mass is 9.84. The predicted octanol–water partition coefficient (Wildman–Crippen LogP) is 2.99. The lowest BCUT2D eigenvalue weighted by molar-refractivity contribution is -0.116. The Hall–Kier alpha value is -0.790. The second kappa shape index (κ2) is 3.66. The number of ketones is 1. The highest BCUT2D eigenvalue weighted by Gasteiger charge is 2.38. The van der Waals surface area contributed by atoms with Crippen LogP contribution < -0.4 is 0 Å². The van der Waals surface area contributed by atoms with Crippen LogP contribution in [0.5, 0.6) is 0 Å². The van der Waals surface area contributed by atoms with E-state index in [2.05, 4.69) is 45.7 Å². The fourth-order valence-corrected chi connectivity index (χ4v) is 1.96. The van der Waals surface area contributed by atoms with Gasteiger partial charge in [0.05, 0.1) is 0 Å². The van der Waals surface area contributed by atoms with Gasteiger partial charge in [-0.3, -0.25) is 4.79 Å². The van der Waals surface area contributed by atoms with Gasteiger partial charge in [0.1, 0.15) is 0 Å². The average molecular weight is 209 g/mol. The zero-order valence-corrected chi connectivity index (χ0v) is 10.8. The molecule has 2 nitrogen and oxygen atoms in total. The first-order chi connectivity index (χ1) is 6.68. The van der Waals surface area contributed by atoms with Gasteiger partial charge < -0.3 is 4.90 Å². The molecular formula is C13H23NO. The van der Waals surface area contributed by atoms with Gasteiger partial charge in [-0.15, -0.1) is 0 Å². The number of carbonyl (C=O) groups is 1. The Balaban J connectivity index is 2.98. The Bertz CT molecular complexity index is 294. The molecule has 1 heterocycles. The van der Waals surface area contributed by atoms with Crippen molar-refractivity contribution in [1.82, 2.24) is 4.90 Å². The summed E-state index contributed by atoms with van der Waals surface area (Å²) < 4.78 is 0. The Morgan fingerprint density at radius 1 is 1.47 bits per heavy atom. The van der Waals surface area contributed by atoms with Crippen molar-refractivity contribution in [2.75, 3.05) is 6.54 Å². The molecule has 0 spiro atoms. The van der Waals surface area contributed by atoms with Crippen molar-refractivity contribution in [2.24, 2.45) is 5.41 Å². The molecule has 15 heavy (non-hydrogen) atoms. The van der Waals surface area contributed by atoms with Gasteiger partial charge in [-0.2, -0.15) is 0 Å². The quantitative estimate of drug-likeness (QED) is 0.697. The maximum Gasteiger partial charge on any atom is 0.160 e. The van der Waals surface area contributed by atoms with Crippen LogP contribution in [0.15, 0.2) is 11.8 Å². The average Bonchev–Trinajstić information content (AvgIpc) is 2.39. The summed E-state index contributed by atoms with van der Waals surface area (Å²) in [4.78, 5) is 14.1. The van der Waals surface area contributed by atoms with Crippen LogP contribution in [0.1, 0.15) is 48.0 Å². The molecule has 0 radical (unpaired) electrons. The lowest BCUT2D eigenvalue weighted by Gasteiger charge is -2.34. The molecule has 0 unspecified atom stereocenters. The Labute approximate surface area is 93.3 Å². The minimum absolute atomic E-state index is 0.000370. The van der Waals surface area contributed by atoms with Crippen LogP contribution in [-0.2, 0) is 4.79 Å². The van der Waals surface area contributed by atoms with Gasteiger partial charge in [0.2, 0.25) is 0 Å². The van der Waals surface area contributed by atoms with Crippen molar-refractivity contribution in [2.45, 2.75) is 53.5 Å². The van der Waals surface area contributed by atoms with Gasteiger partial charge in [-0.1, -0.05) is 20.8 Å². The van der Waals surface area contributed by atoms with E-state index < -0.39 is 0 Å². The molecule has 0 amide bonds. The van der Waals surface area contributed by atoms with Gasteiger partial charge in [0.15, 0.2) is 5.78 Å². The van der Waals surface area contributed by atoms with Crippen molar-refractivity contribution in [1.29, 1.82) is 0 Å². The molecule has 0 aromatic carbocycles. The van der Waals surface area contributed by atoms with Crippen molar-refractivity contribution < 1.29 is 4.79 Å². The number of hydrogen-bond donors (Lipinski definition) is 0. The standard InChI is InChI=1S/C13H23NO/c1-7-11(15)10-8-14(12(2,3)4)9-13(10,5)6/h8H,7,9H2,1-6H3. The molecule has 0 aliphatic carbocycles. The van der Waals surface area contributed by atoms with E-state index in [-0.39, 0.29) is 16.7 Å². The van der Waals surface area contributed by atoms with Crippen LogP contribution >= 0.6 is 0 Å². The normalized spacial score (nSPS) is 20.4. The molecule has 2 heteroatoms. The van der Waals surface area contributed by atoms with E-state index in [0.29, 0.717) is 6.42 Å². The van der Waals surface area contributed by atoms with E-state index in [0.717, 1.165) is 12.1 Å². The van der Waals surface area contributed by atoms with E-state index in [1.807, 2.05) is 6.92 Å². The highest BCUT2D eigenvalue weighted by Crippen LogP contribution is 2.37. The van der Waals surface area contributed by atoms with E-state index in [9.17, 15) is 4.79 Å². The molecule has 0 saturated heterocycles. The molecule has 0 saturated carbocycles. The van der Waals surface area contributed by atoms with E-state index >= 15 is 0 Å². The summed E-state index contributed by atoms with van der Waals surface area (Å²) in [6.07, 6.45) is 2.67. The third-order valence-electron chi connectivity index (χ3n) is 3.06. The summed E-state index contributed by atoms with van der Waals surface area (Å²) in [5.41, 5.74) is 1.09. The fraction of sp³-hybridized carbons (Fsp3) is 0.769. The third kappa shape index (κ3) is 2.42. The number of nitrogens with zero attached hydrogens (tertiary/aromatic N) is 1. The number of hydrogen-bond acceptors (Lipinski definition) is 2. The summed E-state index contributed by atoms with van der Waals surface area (Å²) in [5.74, 6) is 0.284. The van der Waals surface area contributed by atoms with Gasteiger partial charge in [0, 0.05) is 35.7 Å². The Kier molecular flexibility index (Phi) is 2.99.